The van der Waals surface area contributed by atoms with Crippen LogP contribution in [-0.4, -0.2) is 47.2 Å². The van der Waals surface area contributed by atoms with Crippen molar-refractivity contribution < 1.29 is 14.3 Å². The summed E-state index contributed by atoms with van der Waals surface area (Å²) in [7, 11) is 1.29. The second kappa shape index (κ2) is 5.79. The second-order valence-corrected chi connectivity index (χ2v) is 3.03. The van der Waals surface area contributed by atoms with Crippen LogP contribution in [-0.2, 0) is 9.53 Å². The number of esters is 1. The molecule has 0 N–H and O–H groups in total. The monoisotopic (exact) mass is 223 g/mol. The molecule has 0 fully saturated rings. The zero-order valence-electron chi connectivity index (χ0n) is 9.21. The van der Waals surface area contributed by atoms with E-state index in [4.69, 9.17) is 0 Å². The molecule has 0 aliphatic heterocycles. The van der Waals surface area contributed by atoms with Crippen LogP contribution in [0.2, 0.25) is 0 Å². The Kier molecular flexibility index (Phi) is 4.38. The number of carbonyl (C=O) groups excluding carboxylic acids is 2. The highest BCUT2D eigenvalue weighted by atomic mass is 16.5. The largest absolute Gasteiger partial charge is 0.468 e. The molecule has 0 aliphatic carbocycles. The van der Waals surface area contributed by atoms with Crippen molar-refractivity contribution in [1.29, 1.82) is 0 Å². The van der Waals surface area contributed by atoms with Gasteiger partial charge in [0, 0.05) is 6.54 Å². The fraction of sp³-hybridized carbons (Fsp3) is 0.400. The minimum atomic E-state index is -0.447. The van der Waals surface area contributed by atoms with Gasteiger partial charge < -0.3 is 9.64 Å². The van der Waals surface area contributed by atoms with Gasteiger partial charge in [-0.25, -0.2) is 0 Å². The van der Waals surface area contributed by atoms with Crippen LogP contribution in [0.25, 0.3) is 0 Å². The Balaban J connectivity index is 2.74. The molecule has 6 nitrogen and oxygen atoms in total. The van der Waals surface area contributed by atoms with Crippen molar-refractivity contribution in [3.8, 4) is 0 Å². The van der Waals surface area contributed by atoms with Crippen molar-refractivity contribution >= 4 is 11.9 Å². The maximum atomic E-state index is 11.9. The minimum Gasteiger partial charge on any atom is -0.468 e. The number of amides is 1. The molecule has 0 unspecified atom stereocenters. The Morgan fingerprint density at radius 1 is 1.44 bits per heavy atom. The predicted molar refractivity (Wildman–Crippen MR) is 55.6 cm³/mol. The standard InChI is InChI=1S/C10H13N3O3/c1-3-13(7-9(14)16-2)10(15)8-4-5-11-12-6-8/h4-6H,3,7H2,1-2H3. The van der Waals surface area contributed by atoms with E-state index >= 15 is 0 Å². The lowest BCUT2D eigenvalue weighted by Crippen LogP contribution is -2.36. The Morgan fingerprint density at radius 2 is 2.19 bits per heavy atom. The summed E-state index contributed by atoms with van der Waals surface area (Å²) in [5.41, 5.74) is 0.403. The molecular formula is C10H13N3O3. The molecule has 0 aromatic carbocycles. The average molecular weight is 223 g/mol. The third-order valence-corrected chi connectivity index (χ3v) is 2.05. The molecule has 0 saturated heterocycles. The maximum Gasteiger partial charge on any atom is 0.325 e. The first-order valence-corrected chi connectivity index (χ1v) is 4.81. The van der Waals surface area contributed by atoms with Gasteiger partial charge in [-0.05, 0) is 13.0 Å². The van der Waals surface area contributed by atoms with Crippen LogP contribution in [0, 0.1) is 0 Å². The van der Waals surface area contributed by atoms with Gasteiger partial charge in [-0.3, -0.25) is 9.59 Å². The highest BCUT2D eigenvalue weighted by molar-refractivity contribution is 5.95. The van der Waals surface area contributed by atoms with Crippen LogP contribution in [0.5, 0.6) is 0 Å². The molecule has 0 bridgehead atoms. The van der Waals surface area contributed by atoms with E-state index < -0.39 is 5.97 Å². The van der Waals surface area contributed by atoms with Crippen LogP contribution < -0.4 is 0 Å². The first kappa shape index (κ1) is 12.1. The van der Waals surface area contributed by atoms with Gasteiger partial charge in [-0.15, -0.1) is 0 Å². The number of ether oxygens (including phenoxy) is 1. The van der Waals surface area contributed by atoms with E-state index in [0.717, 1.165) is 0 Å². The van der Waals surface area contributed by atoms with E-state index in [9.17, 15) is 9.59 Å². The SMILES string of the molecule is CCN(CC(=O)OC)C(=O)c1ccnnc1. The number of rotatable bonds is 4. The van der Waals surface area contributed by atoms with Crippen molar-refractivity contribution in [3.63, 3.8) is 0 Å². The van der Waals surface area contributed by atoms with Gasteiger partial charge in [0.25, 0.3) is 5.91 Å². The van der Waals surface area contributed by atoms with Crippen LogP contribution in [0.3, 0.4) is 0 Å². The predicted octanol–water partition coefficient (Wildman–Crippen LogP) is 0.112. The molecule has 0 aliphatic rings. The van der Waals surface area contributed by atoms with Gasteiger partial charge >= 0.3 is 5.97 Å². The highest BCUT2D eigenvalue weighted by Gasteiger charge is 2.17. The van der Waals surface area contributed by atoms with Crippen molar-refractivity contribution in [3.05, 3.63) is 24.0 Å². The number of nitrogens with zero attached hydrogens (tertiary/aromatic N) is 3. The summed E-state index contributed by atoms with van der Waals surface area (Å²) in [6, 6.07) is 1.55. The van der Waals surface area contributed by atoms with Crippen molar-refractivity contribution in [2.24, 2.45) is 0 Å². The number of aromatic nitrogens is 2. The summed E-state index contributed by atoms with van der Waals surface area (Å²) >= 11 is 0. The summed E-state index contributed by atoms with van der Waals surface area (Å²) < 4.78 is 4.51. The summed E-state index contributed by atoms with van der Waals surface area (Å²) in [6.07, 6.45) is 2.79. The lowest BCUT2D eigenvalue weighted by molar-refractivity contribution is -0.141. The Hall–Kier alpha value is -1.98. The average Bonchev–Trinajstić information content (AvgIpc) is 2.35. The van der Waals surface area contributed by atoms with E-state index in [-0.39, 0.29) is 12.5 Å². The molecule has 0 spiro atoms. The van der Waals surface area contributed by atoms with Crippen LogP contribution in [0.4, 0.5) is 0 Å². The fourth-order valence-electron chi connectivity index (χ4n) is 1.15. The third kappa shape index (κ3) is 3.01. The minimum absolute atomic E-state index is 0.0614. The molecule has 0 atom stereocenters. The summed E-state index contributed by atoms with van der Waals surface area (Å²) in [5, 5.41) is 7.19. The number of carbonyl (C=O) groups is 2. The molecule has 1 heterocycles. The Labute approximate surface area is 93.2 Å². The smallest absolute Gasteiger partial charge is 0.325 e. The first-order chi connectivity index (χ1) is 7.69. The summed E-state index contributed by atoms with van der Waals surface area (Å²) in [6.45, 7) is 2.15. The van der Waals surface area contributed by atoms with Crippen LogP contribution >= 0.6 is 0 Å². The van der Waals surface area contributed by atoms with E-state index in [2.05, 4.69) is 14.9 Å². The van der Waals surface area contributed by atoms with E-state index in [1.807, 2.05) is 0 Å². The van der Waals surface area contributed by atoms with Gasteiger partial charge in [-0.1, -0.05) is 0 Å². The van der Waals surface area contributed by atoms with Gasteiger partial charge in [0.2, 0.25) is 0 Å². The van der Waals surface area contributed by atoms with Crippen molar-refractivity contribution in [2.45, 2.75) is 6.92 Å². The molecule has 6 heteroatoms. The lowest BCUT2D eigenvalue weighted by atomic mass is 10.2. The number of methoxy groups -OCH3 is 1. The van der Waals surface area contributed by atoms with Crippen molar-refractivity contribution in [1.82, 2.24) is 15.1 Å². The highest BCUT2D eigenvalue weighted by Crippen LogP contribution is 2.02. The van der Waals surface area contributed by atoms with Gasteiger partial charge in [0.1, 0.15) is 6.54 Å². The van der Waals surface area contributed by atoms with E-state index in [1.165, 1.54) is 24.4 Å². The topological polar surface area (TPSA) is 72.4 Å². The molecule has 1 aromatic rings. The van der Waals surface area contributed by atoms with Crippen LogP contribution in [0.1, 0.15) is 17.3 Å². The van der Waals surface area contributed by atoms with Gasteiger partial charge in [0.15, 0.2) is 0 Å². The van der Waals surface area contributed by atoms with Gasteiger partial charge in [-0.2, -0.15) is 10.2 Å². The number of likely N-dealkylation sites (N-methyl/N-ethyl adjacent to an activating group) is 1. The molecule has 16 heavy (non-hydrogen) atoms. The van der Waals surface area contributed by atoms with E-state index in [1.54, 1.807) is 13.0 Å². The molecule has 0 saturated carbocycles. The molecule has 86 valence electrons. The Morgan fingerprint density at radius 3 is 2.69 bits per heavy atom. The molecule has 1 aromatic heterocycles. The van der Waals surface area contributed by atoms with Gasteiger partial charge in [0.05, 0.1) is 25.1 Å². The molecule has 0 radical (unpaired) electrons. The van der Waals surface area contributed by atoms with Crippen LogP contribution in [0.15, 0.2) is 18.5 Å². The zero-order valence-corrected chi connectivity index (χ0v) is 9.21. The molecule has 1 amide bonds. The zero-order chi connectivity index (χ0) is 12.0. The van der Waals surface area contributed by atoms with Crippen molar-refractivity contribution in [2.75, 3.05) is 20.2 Å². The third-order valence-electron chi connectivity index (χ3n) is 2.05. The quantitative estimate of drug-likeness (QED) is 0.677. The number of hydrogen-bond donors (Lipinski definition) is 0. The molecular weight excluding hydrogens is 210 g/mol. The maximum absolute atomic E-state index is 11.9. The summed E-state index contributed by atoms with van der Waals surface area (Å²) in [4.78, 5) is 24.3. The molecule has 1 rings (SSSR count). The summed E-state index contributed by atoms with van der Waals surface area (Å²) in [5.74, 6) is -0.708. The van der Waals surface area contributed by atoms with E-state index in [0.29, 0.717) is 12.1 Å². The first-order valence-electron chi connectivity index (χ1n) is 4.81. The number of hydrogen-bond acceptors (Lipinski definition) is 5. The lowest BCUT2D eigenvalue weighted by Gasteiger charge is -2.18. The fourth-order valence-corrected chi connectivity index (χ4v) is 1.15. The second-order valence-electron chi connectivity index (χ2n) is 3.03. The normalized spacial score (nSPS) is 9.62. The Bertz CT molecular complexity index is 367.